The fourth-order valence-electron chi connectivity index (χ4n) is 2.29. The summed E-state index contributed by atoms with van der Waals surface area (Å²) in [5, 5.41) is 34.8. The molecule has 0 bridgehead atoms. The number of thioether (sulfide) groups is 2. The zero-order chi connectivity index (χ0) is 25.8. The van der Waals surface area contributed by atoms with Gasteiger partial charge in [0.15, 0.2) is 0 Å². The Morgan fingerprint density at radius 2 is 1.41 bits per heavy atom. The summed E-state index contributed by atoms with van der Waals surface area (Å²) in [6.07, 6.45) is 0. The second-order valence-electron chi connectivity index (χ2n) is 6.53. The molecule has 0 heterocycles. The Hall–Kier alpha value is -2.22. The van der Waals surface area contributed by atoms with Crippen LogP contribution in [0.3, 0.4) is 0 Å². The van der Waals surface area contributed by atoms with E-state index in [0.717, 1.165) is 16.7 Å². The van der Waals surface area contributed by atoms with Gasteiger partial charge in [-0.05, 0) is 44.4 Å². The van der Waals surface area contributed by atoms with Crippen molar-refractivity contribution in [2.24, 2.45) is 0 Å². The molecule has 0 saturated carbocycles. The maximum atomic E-state index is 10.8. The monoisotopic (exact) mass is 550 g/mol. The molecule has 14 heteroatoms. The predicted octanol–water partition coefficient (Wildman–Crippen LogP) is 3.70. The molecule has 34 heavy (non-hydrogen) atoms. The van der Waals surface area contributed by atoms with Crippen molar-refractivity contribution in [2.45, 2.75) is 21.9 Å². The average Bonchev–Trinajstić information content (AvgIpc) is 2.76. The second-order valence-corrected chi connectivity index (χ2v) is 9.53. The second kappa shape index (κ2) is 14.9. The Kier molecular flexibility index (Phi) is 13.1. The first-order valence-electron chi connectivity index (χ1n) is 9.54. The topological polar surface area (TPSA) is 168 Å². The third kappa shape index (κ3) is 9.95. The van der Waals surface area contributed by atoms with Crippen LogP contribution >= 0.6 is 46.7 Å². The number of rotatable bonds is 11. The average molecular weight is 551 g/mol. The summed E-state index contributed by atoms with van der Waals surface area (Å²) in [5.41, 5.74) is 6.27. The van der Waals surface area contributed by atoms with Crippen LogP contribution in [0, 0.1) is 10.1 Å². The van der Waals surface area contributed by atoms with Crippen LogP contribution in [0.5, 0.6) is 0 Å². The summed E-state index contributed by atoms with van der Waals surface area (Å²) in [4.78, 5) is 33.0. The molecule has 0 aliphatic heterocycles. The zero-order valence-electron chi connectivity index (χ0n) is 18.2. The summed E-state index contributed by atoms with van der Waals surface area (Å²) in [5.74, 6) is -1.31. The van der Waals surface area contributed by atoms with Crippen LogP contribution in [0.2, 0.25) is 10.0 Å². The van der Waals surface area contributed by atoms with Crippen molar-refractivity contribution in [3.8, 4) is 0 Å². The van der Waals surface area contributed by atoms with E-state index in [1.807, 2.05) is 0 Å². The summed E-state index contributed by atoms with van der Waals surface area (Å²) in [6, 6.07) is 7.97. The summed E-state index contributed by atoms with van der Waals surface area (Å²) >= 11 is 14.0. The lowest BCUT2D eigenvalue weighted by molar-refractivity contribution is -0.387. The number of nitro benzene ring substituents is 1. The molecule has 0 aliphatic rings. The van der Waals surface area contributed by atoms with Crippen LogP contribution in [0.15, 0.2) is 46.2 Å². The molecule has 0 saturated heterocycles. The first-order chi connectivity index (χ1) is 16.0. The summed E-state index contributed by atoms with van der Waals surface area (Å²) < 4.78 is 0. The van der Waals surface area contributed by atoms with Crippen molar-refractivity contribution >= 4 is 70.0 Å². The highest BCUT2D eigenvalue weighted by molar-refractivity contribution is 7.99. The van der Waals surface area contributed by atoms with Crippen LogP contribution in [-0.4, -0.2) is 64.8 Å². The zero-order valence-corrected chi connectivity index (χ0v) is 21.3. The van der Waals surface area contributed by atoms with Crippen LogP contribution in [0.1, 0.15) is 0 Å². The number of likely N-dealkylation sites (N-methyl/N-ethyl adjacent to an activating group) is 2. The number of nitrogens with zero attached hydrogens (tertiary/aromatic N) is 1. The summed E-state index contributed by atoms with van der Waals surface area (Å²) in [6.45, 7) is 0. The fraction of sp³-hybridized carbons (Fsp3) is 0.300. The van der Waals surface area contributed by atoms with Gasteiger partial charge in [0.2, 0.25) is 0 Å². The quantitative estimate of drug-likeness (QED) is 0.120. The molecule has 2 aromatic rings. The van der Waals surface area contributed by atoms with E-state index in [-0.39, 0.29) is 11.4 Å². The van der Waals surface area contributed by atoms with E-state index >= 15 is 0 Å². The third-order valence-corrected chi connectivity index (χ3v) is 6.97. The van der Waals surface area contributed by atoms with E-state index in [2.05, 4.69) is 10.6 Å². The smallest absolute Gasteiger partial charge is 0.321 e. The molecule has 6 N–H and O–H groups in total. The molecule has 0 amide bonds. The minimum Gasteiger partial charge on any atom is -0.480 e. The lowest BCUT2D eigenvalue weighted by atomic mass is 10.3. The molecule has 0 radical (unpaired) electrons. The van der Waals surface area contributed by atoms with Crippen LogP contribution < -0.4 is 16.4 Å². The van der Waals surface area contributed by atoms with Gasteiger partial charge < -0.3 is 26.6 Å². The van der Waals surface area contributed by atoms with E-state index in [0.29, 0.717) is 26.4 Å². The van der Waals surface area contributed by atoms with Crippen molar-refractivity contribution in [1.82, 2.24) is 10.6 Å². The van der Waals surface area contributed by atoms with E-state index in [9.17, 15) is 19.7 Å². The number of nitrogens with one attached hydrogen (secondary N) is 2. The van der Waals surface area contributed by atoms with Gasteiger partial charge in [-0.25, -0.2) is 0 Å². The van der Waals surface area contributed by atoms with Crippen LogP contribution in [0.25, 0.3) is 0 Å². The van der Waals surface area contributed by atoms with Gasteiger partial charge in [-0.3, -0.25) is 19.7 Å². The molecular formula is C20H24Cl2N4O6S2. The number of carbonyl (C=O) groups is 2. The number of aliphatic carboxylic acids is 2. The van der Waals surface area contributed by atoms with E-state index in [4.69, 9.17) is 39.1 Å². The Morgan fingerprint density at radius 3 is 1.85 bits per heavy atom. The van der Waals surface area contributed by atoms with Crippen molar-refractivity contribution in [1.29, 1.82) is 0 Å². The Morgan fingerprint density at radius 1 is 0.971 bits per heavy atom. The van der Waals surface area contributed by atoms with Crippen molar-refractivity contribution in [2.75, 3.05) is 31.3 Å². The van der Waals surface area contributed by atoms with Crippen LogP contribution in [-0.2, 0) is 9.59 Å². The van der Waals surface area contributed by atoms with Crippen molar-refractivity contribution in [3.05, 3.63) is 56.6 Å². The lowest BCUT2D eigenvalue weighted by Crippen LogP contribution is -2.35. The van der Waals surface area contributed by atoms with Gasteiger partial charge in [0.25, 0.3) is 5.69 Å². The largest absolute Gasteiger partial charge is 0.480 e. The highest BCUT2D eigenvalue weighted by Crippen LogP contribution is 2.32. The van der Waals surface area contributed by atoms with Gasteiger partial charge in [-0.1, -0.05) is 23.2 Å². The molecule has 0 unspecified atom stereocenters. The Balaban J connectivity index is 0.000000342. The minimum atomic E-state index is -1.00. The van der Waals surface area contributed by atoms with Gasteiger partial charge in [-0.15, -0.1) is 23.5 Å². The first kappa shape index (κ1) is 29.8. The normalized spacial score (nSPS) is 12.2. The van der Waals surface area contributed by atoms with E-state index in [1.165, 1.54) is 37.0 Å². The van der Waals surface area contributed by atoms with Gasteiger partial charge in [-0.2, -0.15) is 0 Å². The first-order valence-corrected chi connectivity index (χ1v) is 12.3. The number of anilines is 1. The minimum absolute atomic E-state index is 0.0790. The standard InChI is InChI=1S/C10H11ClN2O4S.C10H13ClN2O2S/c1-12-7(10(14)15)5-18-9-4-6(11)2-3-8(9)13(16)17;1-13-8(10(14)15)5-16-9-4-6(11)2-3-7(9)12/h2-4,7,12H,5H2,1H3,(H,14,15);2-4,8,13H,5,12H2,1H3,(H,14,15)/t7-;8-/m00/s1. The molecule has 0 spiro atoms. The predicted molar refractivity (Wildman–Crippen MR) is 136 cm³/mol. The highest BCUT2D eigenvalue weighted by Gasteiger charge is 2.19. The molecule has 2 rings (SSSR count). The van der Waals surface area contributed by atoms with E-state index < -0.39 is 28.9 Å². The molecule has 2 aromatic carbocycles. The molecule has 0 aliphatic carbocycles. The molecule has 0 fully saturated rings. The number of carboxylic acid groups (broad SMARTS) is 2. The SMILES string of the molecule is CN[C@@H](CSc1cc(Cl)ccc1N)C(=O)O.CN[C@@H](CSc1cc(Cl)ccc1[N+](=O)[O-])C(=O)O. The Bertz CT molecular complexity index is 1020. The Labute approximate surface area is 214 Å². The maximum absolute atomic E-state index is 10.8. The highest BCUT2D eigenvalue weighted by atomic mass is 35.5. The van der Waals surface area contributed by atoms with Gasteiger partial charge >= 0.3 is 11.9 Å². The maximum Gasteiger partial charge on any atom is 0.321 e. The number of carboxylic acids is 2. The number of nitrogen functional groups attached to an aromatic ring is 1. The van der Waals surface area contributed by atoms with Crippen molar-refractivity contribution < 1.29 is 24.7 Å². The van der Waals surface area contributed by atoms with E-state index in [1.54, 1.807) is 25.2 Å². The number of halogens is 2. The molecule has 0 aromatic heterocycles. The number of benzene rings is 2. The molecule has 10 nitrogen and oxygen atoms in total. The van der Waals surface area contributed by atoms with Gasteiger partial charge in [0.05, 0.1) is 9.82 Å². The molecular weight excluding hydrogens is 527 g/mol. The fourth-order valence-corrected chi connectivity index (χ4v) is 5.02. The lowest BCUT2D eigenvalue weighted by Gasteiger charge is -2.11. The number of nitro groups is 1. The molecule has 2 atom stereocenters. The van der Waals surface area contributed by atoms with Gasteiger partial charge in [0.1, 0.15) is 12.1 Å². The number of nitrogens with two attached hydrogens (primary N) is 1. The number of hydrogen-bond acceptors (Lipinski definition) is 9. The molecule has 186 valence electrons. The van der Waals surface area contributed by atoms with Gasteiger partial charge in [0, 0.05) is 38.2 Å². The third-order valence-electron chi connectivity index (χ3n) is 4.20. The number of hydrogen-bond donors (Lipinski definition) is 5. The summed E-state index contributed by atoms with van der Waals surface area (Å²) in [7, 11) is 3.13. The van der Waals surface area contributed by atoms with Crippen LogP contribution in [0.4, 0.5) is 11.4 Å². The van der Waals surface area contributed by atoms with Crippen molar-refractivity contribution in [3.63, 3.8) is 0 Å².